The molecule has 2 aromatic heterocycles. The molecular weight excluding hydrogens is 308 g/mol. The molecule has 2 heterocycles. The molecule has 2 amide bonds. The fourth-order valence-corrected chi connectivity index (χ4v) is 1.99. The van der Waals surface area contributed by atoms with E-state index in [0.717, 1.165) is 12.0 Å². The Morgan fingerprint density at radius 3 is 2.62 bits per heavy atom. The van der Waals surface area contributed by atoms with Gasteiger partial charge in [-0.1, -0.05) is 0 Å². The zero-order valence-electron chi connectivity index (χ0n) is 13.5. The second-order valence-corrected chi connectivity index (χ2v) is 5.07. The Bertz CT molecular complexity index is 677. The van der Waals surface area contributed by atoms with Crippen molar-refractivity contribution in [1.82, 2.24) is 20.6 Å². The van der Waals surface area contributed by atoms with E-state index in [1.165, 1.54) is 12.3 Å². The first-order valence-corrected chi connectivity index (χ1v) is 7.61. The van der Waals surface area contributed by atoms with Gasteiger partial charge >= 0.3 is 0 Å². The zero-order valence-corrected chi connectivity index (χ0v) is 13.5. The predicted molar refractivity (Wildman–Crippen MR) is 88.5 cm³/mol. The summed E-state index contributed by atoms with van der Waals surface area (Å²) in [6.07, 6.45) is 5.50. The molecule has 0 aromatic carbocycles. The second kappa shape index (κ2) is 9.36. The van der Waals surface area contributed by atoms with E-state index in [-0.39, 0.29) is 17.5 Å². The summed E-state index contributed by atoms with van der Waals surface area (Å²) in [5.74, 6) is -0.572. The average Bonchev–Trinajstić information content (AvgIpc) is 2.64. The topological polar surface area (TPSA) is 93.2 Å². The number of aromatic nitrogens is 2. The highest BCUT2D eigenvalue weighted by Crippen LogP contribution is 2.03. The minimum Gasteiger partial charge on any atom is -0.385 e. The third kappa shape index (κ3) is 5.44. The Kier molecular flexibility index (Phi) is 6.85. The lowest BCUT2D eigenvalue weighted by Crippen LogP contribution is -2.27. The van der Waals surface area contributed by atoms with Crippen LogP contribution in [0.5, 0.6) is 0 Å². The van der Waals surface area contributed by atoms with Crippen LogP contribution >= 0.6 is 0 Å². The van der Waals surface area contributed by atoms with E-state index in [0.29, 0.717) is 25.3 Å². The van der Waals surface area contributed by atoms with E-state index < -0.39 is 0 Å². The molecule has 0 aliphatic heterocycles. The van der Waals surface area contributed by atoms with Gasteiger partial charge < -0.3 is 15.4 Å². The monoisotopic (exact) mass is 328 g/mol. The summed E-state index contributed by atoms with van der Waals surface area (Å²) in [7, 11) is 1.61. The fourth-order valence-electron chi connectivity index (χ4n) is 1.99. The summed E-state index contributed by atoms with van der Waals surface area (Å²) >= 11 is 0. The molecule has 0 aliphatic carbocycles. The summed E-state index contributed by atoms with van der Waals surface area (Å²) in [5.41, 5.74) is 1.54. The number of hydrogen-bond donors (Lipinski definition) is 2. The highest BCUT2D eigenvalue weighted by Gasteiger charge is 2.11. The van der Waals surface area contributed by atoms with Gasteiger partial charge in [0.25, 0.3) is 11.8 Å². The Hall–Kier alpha value is -2.80. The van der Waals surface area contributed by atoms with E-state index in [4.69, 9.17) is 4.74 Å². The second-order valence-electron chi connectivity index (χ2n) is 5.07. The van der Waals surface area contributed by atoms with Gasteiger partial charge in [-0.2, -0.15) is 0 Å². The third-order valence-corrected chi connectivity index (χ3v) is 3.27. The number of hydrogen-bond acceptors (Lipinski definition) is 5. The highest BCUT2D eigenvalue weighted by atomic mass is 16.5. The van der Waals surface area contributed by atoms with Crippen molar-refractivity contribution in [2.24, 2.45) is 0 Å². The van der Waals surface area contributed by atoms with Crippen LogP contribution in [0.15, 0.2) is 42.9 Å². The molecule has 0 spiro atoms. The molecule has 7 nitrogen and oxygen atoms in total. The SMILES string of the molecule is COCCCNC(=O)c1ccnc(C(=O)NCc2ccncc2)c1. The third-order valence-electron chi connectivity index (χ3n) is 3.27. The van der Waals surface area contributed by atoms with E-state index in [1.807, 2.05) is 12.1 Å². The van der Waals surface area contributed by atoms with Crippen LogP contribution in [0.3, 0.4) is 0 Å². The smallest absolute Gasteiger partial charge is 0.270 e. The van der Waals surface area contributed by atoms with Crippen LogP contribution in [-0.2, 0) is 11.3 Å². The molecule has 2 N–H and O–H groups in total. The molecule has 7 heteroatoms. The first-order chi connectivity index (χ1) is 11.7. The van der Waals surface area contributed by atoms with Gasteiger partial charge in [0, 0.05) is 51.0 Å². The highest BCUT2D eigenvalue weighted by molar-refractivity contribution is 5.98. The molecule has 0 saturated carbocycles. The number of ether oxygens (including phenoxy) is 1. The molecule has 0 saturated heterocycles. The van der Waals surface area contributed by atoms with Crippen LogP contribution in [0, 0.1) is 0 Å². The van der Waals surface area contributed by atoms with Crippen molar-refractivity contribution in [2.75, 3.05) is 20.3 Å². The minimum atomic E-state index is -0.333. The molecule has 0 atom stereocenters. The molecule has 0 fully saturated rings. The van der Waals surface area contributed by atoms with Crippen molar-refractivity contribution < 1.29 is 14.3 Å². The van der Waals surface area contributed by atoms with E-state index in [9.17, 15) is 9.59 Å². The number of nitrogens with one attached hydrogen (secondary N) is 2. The molecule has 24 heavy (non-hydrogen) atoms. The zero-order chi connectivity index (χ0) is 17.2. The minimum absolute atomic E-state index is 0.202. The molecule has 2 rings (SSSR count). The summed E-state index contributed by atoms with van der Waals surface area (Å²) in [5, 5.41) is 5.54. The van der Waals surface area contributed by atoms with Gasteiger partial charge in [0.15, 0.2) is 0 Å². The molecule has 2 aromatic rings. The van der Waals surface area contributed by atoms with Crippen molar-refractivity contribution in [3.05, 3.63) is 59.7 Å². The Balaban J connectivity index is 1.91. The number of amides is 2. The van der Waals surface area contributed by atoms with Gasteiger partial charge in [0.2, 0.25) is 0 Å². The lowest BCUT2D eigenvalue weighted by Gasteiger charge is -2.07. The van der Waals surface area contributed by atoms with Gasteiger partial charge in [-0.15, -0.1) is 0 Å². The summed E-state index contributed by atoms with van der Waals surface area (Å²) < 4.78 is 4.93. The summed E-state index contributed by atoms with van der Waals surface area (Å²) in [6, 6.07) is 6.69. The van der Waals surface area contributed by atoms with Gasteiger partial charge in [-0.05, 0) is 36.2 Å². The van der Waals surface area contributed by atoms with Crippen molar-refractivity contribution in [3.63, 3.8) is 0 Å². The maximum atomic E-state index is 12.2. The molecule has 0 aliphatic rings. The van der Waals surface area contributed by atoms with Crippen LogP contribution in [0.2, 0.25) is 0 Å². The predicted octanol–water partition coefficient (Wildman–Crippen LogP) is 1.17. The number of pyridine rings is 2. The van der Waals surface area contributed by atoms with Crippen molar-refractivity contribution in [3.8, 4) is 0 Å². The van der Waals surface area contributed by atoms with Gasteiger partial charge in [0.1, 0.15) is 5.69 Å². The van der Waals surface area contributed by atoms with Crippen molar-refractivity contribution >= 4 is 11.8 Å². The number of carbonyl (C=O) groups excluding carboxylic acids is 2. The van der Waals surface area contributed by atoms with Crippen molar-refractivity contribution in [1.29, 1.82) is 0 Å². The van der Waals surface area contributed by atoms with E-state index >= 15 is 0 Å². The van der Waals surface area contributed by atoms with E-state index in [2.05, 4.69) is 20.6 Å². The van der Waals surface area contributed by atoms with Gasteiger partial charge in [-0.25, -0.2) is 0 Å². The maximum Gasteiger partial charge on any atom is 0.270 e. The van der Waals surface area contributed by atoms with Crippen LogP contribution < -0.4 is 10.6 Å². The lowest BCUT2D eigenvalue weighted by molar-refractivity contribution is 0.0946. The summed E-state index contributed by atoms with van der Waals surface area (Å²) in [6.45, 7) is 1.47. The maximum absolute atomic E-state index is 12.2. The summed E-state index contributed by atoms with van der Waals surface area (Å²) in [4.78, 5) is 32.1. The van der Waals surface area contributed by atoms with Gasteiger partial charge in [-0.3, -0.25) is 19.6 Å². The molecule has 126 valence electrons. The molecular formula is C17H20N4O3. The molecule has 0 radical (unpaired) electrons. The standard InChI is InChI=1S/C17H20N4O3/c1-24-10-2-6-20-16(22)14-5-9-19-15(11-14)17(23)21-12-13-3-7-18-8-4-13/h3-5,7-9,11H,2,6,10,12H2,1H3,(H,20,22)(H,21,23). The first kappa shape index (κ1) is 17.6. The van der Waals surface area contributed by atoms with Crippen LogP contribution in [0.1, 0.15) is 32.8 Å². The number of rotatable bonds is 8. The number of carbonyl (C=O) groups is 2. The Morgan fingerprint density at radius 1 is 1.08 bits per heavy atom. The van der Waals surface area contributed by atoms with Crippen LogP contribution in [0.4, 0.5) is 0 Å². The fraction of sp³-hybridized carbons (Fsp3) is 0.294. The number of nitrogens with zero attached hydrogens (tertiary/aromatic N) is 2. The van der Waals surface area contributed by atoms with Crippen LogP contribution in [0.25, 0.3) is 0 Å². The number of methoxy groups -OCH3 is 1. The van der Waals surface area contributed by atoms with E-state index in [1.54, 1.807) is 25.6 Å². The first-order valence-electron chi connectivity index (χ1n) is 7.61. The van der Waals surface area contributed by atoms with Crippen LogP contribution in [-0.4, -0.2) is 42.0 Å². The lowest BCUT2D eigenvalue weighted by atomic mass is 10.2. The average molecular weight is 328 g/mol. The quantitative estimate of drug-likeness (QED) is 0.710. The molecule has 0 bridgehead atoms. The Labute approximate surface area is 140 Å². The van der Waals surface area contributed by atoms with Crippen molar-refractivity contribution in [2.45, 2.75) is 13.0 Å². The largest absolute Gasteiger partial charge is 0.385 e. The normalized spacial score (nSPS) is 10.2. The Morgan fingerprint density at radius 2 is 1.88 bits per heavy atom. The van der Waals surface area contributed by atoms with Gasteiger partial charge in [0.05, 0.1) is 0 Å². The molecule has 0 unspecified atom stereocenters.